The number of benzene rings is 1. The van der Waals surface area contributed by atoms with Crippen molar-refractivity contribution in [3.63, 3.8) is 0 Å². The Balaban J connectivity index is 0.00000289. The number of pyridine rings is 1. The maximum absolute atomic E-state index is 13.1. The fourth-order valence-corrected chi connectivity index (χ4v) is 3.97. The summed E-state index contributed by atoms with van der Waals surface area (Å²) in [5.74, 6) is 1.31. The van der Waals surface area contributed by atoms with E-state index in [0.717, 1.165) is 30.8 Å². The highest BCUT2D eigenvalue weighted by atomic mass is 35.5. The molecule has 32 heavy (non-hydrogen) atoms. The van der Waals surface area contributed by atoms with E-state index in [-0.39, 0.29) is 24.1 Å². The zero-order chi connectivity index (χ0) is 22.0. The van der Waals surface area contributed by atoms with Crippen molar-refractivity contribution >= 4 is 29.3 Å². The molecule has 1 N–H and O–H groups in total. The third-order valence-corrected chi connectivity index (χ3v) is 5.84. The van der Waals surface area contributed by atoms with Gasteiger partial charge in [0.1, 0.15) is 23.0 Å². The van der Waals surface area contributed by atoms with Gasteiger partial charge in [-0.2, -0.15) is 10.2 Å². The monoisotopic (exact) mass is 454 g/mol. The zero-order valence-electron chi connectivity index (χ0n) is 18.4. The molecule has 8 nitrogen and oxygen atoms in total. The quantitative estimate of drug-likeness (QED) is 0.633. The minimum atomic E-state index is -0.330. The number of fused-ring (bicyclic) bond motifs is 1. The van der Waals surface area contributed by atoms with Crippen LogP contribution in [0.1, 0.15) is 31.5 Å². The largest absolute Gasteiger partial charge is 0.497 e. The van der Waals surface area contributed by atoms with Crippen molar-refractivity contribution in [2.75, 3.05) is 25.1 Å². The van der Waals surface area contributed by atoms with Gasteiger partial charge in [-0.25, -0.2) is 9.78 Å². The molecule has 3 heterocycles. The molecule has 3 aromatic rings. The SMILES string of the molecule is CC[C@@H]1CN(c2nc(=O)n(Cc3ccc(OC)cc3)c3ccc(C#N)nc23)[C@@H](C)CN1.Cl. The number of aromatic nitrogens is 3. The summed E-state index contributed by atoms with van der Waals surface area (Å²) in [6.07, 6.45) is 0.979. The Morgan fingerprint density at radius 3 is 2.62 bits per heavy atom. The van der Waals surface area contributed by atoms with E-state index in [2.05, 4.69) is 40.1 Å². The van der Waals surface area contributed by atoms with E-state index in [4.69, 9.17) is 4.74 Å². The molecule has 1 saturated heterocycles. The van der Waals surface area contributed by atoms with Crippen LogP contribution < -0.4 is 20.6 Å². The van der Waals surface area contributed by atoms with Crippen LogP contribution in [0.2, 0.25) is 0 Å². The fourth-order valence-electron chi connectivity index (χ4n) is 3.97. The van der Waals surface area contributed by atoms with Gasteiger partial charge in [0, 0.05) is 25.2 Å². The number of halogens is 1. The van der Waals surface area contributed by atoms with E-state index in [0.29, 0.717) is 35.1 Å². The molecule has 2 aromatic heterocycles. The first-order chi connectivity index (χ1) is 15.0. The van der Waals surface area contributed by atoms with E-state index in [1.165, 1.54) is 0 Å². The fraction of sp³-hybridized carbons (Fsp3) is 0.391. The standard InChI is InChI=1S/C23H26N6O2.ClH/c1-4-17-14-28(15(2)12-25-17)22-21-20(10-7-18(11-24)26-21)29(23(30)27-22)13-16-5-8-19(31-3)9-6-16;/h5-10,15,17,25H,4,12-14H2,1-3H3;1H/t15-,17+;/m0./s1. The molecule has 1 fully saturated rings. The highest BCUT2D eigenvalue weighted by Gasteiger charge is 2.28. The number of methoxy groups -OCH3 is 1. The summed E-state index contributed by atoms with van der Waals surface area (Å²) in [6.45, 7) is 6.13. The summed E-state index contributed by atoms with van der Waals surface area (Å²) >= 11 is 0. The van der Waals surface area contributed by atoms with Gasteiger partial charge in [-0.05, 0) is 43.2 Å². The number of anilines is 1. The molecule has 1 aliphatic rings. The molecule has 2 atom stereocenters. The Morgan fingerprint density at radius 2 is 1.97 bits per heavy atom. The summed E-state index contributed by atoms with van der Waals surface area (Å²) in [5, 5.41) is 12.9. The topological polar surface area (TPSA) is 96.1 Å². The molecule has 4 rings (SSSR count). The van der Waals surface area contributed by atoms with Gasteiger partial charge in [0.15, 0.2) is 5.82 Å². The van der Waals surface area contributed by atoms with Crippen LogP contribution in [-0.4, -0.2) is 46.8 Å². The molecule has 1 aliphatic heterocycles. The van der Waals surface area contributed by atoms with Crippen LogP contribution in [0.15, 0.2) is 41.2 Å². The van der Waals surface area contributed by atoms with E-state index in [9.17, 15) is 10.1 Å². The van der Waals surface area contributed by atoms with Crippen LogP contribution in [-0.2, 0) is 6.54 Å². The van der Waals surface area contributed by atoms with Crippen molar-refractivity contribution in [1.29, 1.82) is 5.26 Å². The third-order valence-electron chi connectivity index (χ3n) is 5.84. The van der Waals surface area contributed by atoms with Gasteiger partial charge in [0.05, 0.1) is 19.2 Å². The minimum absolute atomic E-state index is 0. The molecule has 1 aromatic carbocycles. The average molecular weight is 455 g/mol. The minimum Gasteiger partial charge on any atom is -0.497 e. The lowest BCUT2D eigenvalue weighted by atomic mass is 10.1. The van der Waals surface area contributed by atoms with Crippen molar-refractivity contribution in [2.24, 2.45) is 0 Å². The number of hydrogen-bond donors (Lipinski definition) is 1. The van der Waals surface area contributed by atoms with Crippen molar-refractivity contribution < 1.29 is 4.74 Å². The van der Waals surface area contributed by atoms with Crippen LogP contribution in [0, 0.1) is 11.3 Å². The van der Waals surface area contributed by atoms with Crippen molar-refractivity contribution in [2.45, 2.75) is 38.9 Å². The highest BCUT2D eigenvalue weighted by Crippen LogP contribution is 2.26. The molecule has 0 unspecified atom stereocenters. The lowest BCUT2D eigenvalue weighted by Crippen LogP contribution is -2.56. The molecule has 9 heteroatoms. The summed E-state index contributed by atoms with van der Waals surface area (Å²) in [6, 6.07) is 13.6. The van der Waals surface area contributed by atoms with Gasteiger partial charge in [0.25, 0.3) is 0 Å². The molecular weight excluding hydrogens is 428 g/mol. The predicted molar refractivity (Wildman–Crippen MR) is 127 cm³/mol. The van der Waals surface area contributed by atoms with Gasteiger partial charge in [-0.1, -0.05) is 19.1 Å². The van der Waals surface area contributed by atoms with E-state index < -0.39 is 0 Å². The van der Waals surface area contributed by atoms with E-state index in [1.54, 1.807) is 23.8 Å². The molecule has 0 amide bonds. The molecule has 0 bridgehead atoms. The van der Waals surface area contributed by atoms with E-state index in [1.807, 2.05) is 24.3 Å². The van der Waals surface area contributed by atoms with Crippen LogP contribution in [0.4, 0.5) is 5.82 Å². The number of ether oxygens (including phenoxy) is 1. The van der Waals surface area contributed by atoms with Crippen LogP contribution in [0.3, 0.4) is 0 Å². The van der Waals surface area contributed by atoms with Gasteiger partial charge in [-0.15, -0.1) is 12.4 Å². The molecular formula is C23H27ClN6O2. The van der Waals surface area contributed by atoms with Crippen molar-refractivity contribution in [1.82, 2.24) is 19.9 Å². The Bertz CT molecular complexity index is 1190. The Labute approximate surface area is 193 Å². The average Bonchev–Trinajstić information content (AvgIpc) is 2.81. The van der Waals surface area contributed by atoms with E-state index >= 15 is 0 Å². The van der Waals surface area contributed by atoms with Gasteiger partial charge in [-0.3, -0.25) is 4.57 Å². The predicted octanol–water partition coefficient (Wildman–Crippen LogP) is 2.72. The maximum atomic E-state index is 13.1. The van der Waals surface area contributed by atoms with Gasteiger partial charge < -0.3 is 15.0 Å². The summed E-state index contributed by atoms with van der Waals surface area (Å²) < 4.78 is 6.83. The second kappa shape index (κ2) is 9.98. The Kier molecular flexibility index (Phi) is 7.33. The first-order valence-corrected chi connectivity index (χ1v) is 10.5. The zero-order valence-corrected chi connectivity index (χ0v) is 19.2. The normalized spacial score (nSPS) is 18.1. The second-order valence-corrected chi connectivity index (χ2v) is 7.84. The summed E-state index contributed by atoms with van der Waals surface area (Å²) in [7, 11) is 1.62. The molecule has 0 saturated carbocycles. The molecule has 0 aliphatic carbocycles. The lowest BCUT2D eigenvalue weighted by molar-refractivity contribution is 0.395. The maximum Gasteiger partial charge on any atom is 0.350 e. The number of nitrogens with one attached hydrogen (secondary N) is 1. The first-order valence-electron chi connectivity index (χ1n) is 10.5. The third kappa shape index (κ3) is 4.54. The van der Waals surface area contributed by atoms with Gasteiger partial charge >= 0.3 is 5.69 Å². The van der Waals surface area contributed by atoms with Crippen LogP contribution in [0.25, 0.3) is 11.0 Å². The number of nitrogens with zero attached hydrogens (tertiary/aromatic N) is 5. The van der Waals surface area contributed by atoms with Crippen LogP contribution >= 0.6 is 12.4 Å². The van der Waals surface area contributed by atoms with Crippen LogP contribution in [0.5, 0.6) is 5.75 Å². The summed E-state index contributed by atoms with van der Waals surface area (Å²) in [5.41, 5.74) is 2.17. The van der Waals surface area contributed by atoms with Gasteiger partial charge in [0.2, 0.25) is 0 Å². The van der Waals surface area contributed by atoms with Crippen molar-refractivity contribution in [3.8, 4) is 11.8 Å². The number of piperazine rings is 1. The first kappa shape index (κ1) is 23.5. The second-order valence-electron chi connectivity index (χ2n) is 7.84. The molecule has 168 valence electrons. The highest BCUT2D eigenvalue weighted by molar-refractivity contribution is 5.86. The van der Waals surface area contributed by atoms with Crippen molar-refractivity contribution in [3.05, 3.63) is 58.1 Å². The summed E-state index contributed by atoms with van der Waals surface area (Å²) in [4.78, 5) is 24.3. The smallest absolute Gasteiger partial charge is 0.350 e. The number of nitriles is 1. The Morgan fingerprint density at radius 1 is 1.22 bits per heavy atom. The number of rotatable bonds is 5. The number of hydrogen-bond acceptors (Lipinski definition) is 7. The lowest BCUT2D eigenvalue weighted by Gasteiger charge is -2.39. The molecule has 0 radical (unpaired) electrons. The molecule has 0 spiro atoms. The Hall–Kier alpha value is -3.15.